The van der Waals surface area contributed by atoms with E-state index in [4.69, 9.17) is 0 Å². The van der Waals surface area contributed by atoms with Gasteiger partial charge in [-0.1, -0.05) is 12.1 Å². The second-order valence-corrected chi connectivity index (χ2v) is 9.32. The standard InChI is InChI=1S/C12H20N2O4S2/c1-10(2)19(15,16)12-7-5-11(6-8-12)9-13-20(17,18)14(3)4/h5-8,10,13H,9H2,1-4H3. The first-order valence-electron chi connectivity index (χ1n) is 6.07. The Kier molecular flexibility index (Phi) is 5.31. The molecule has 0 bridgehead atoms. The average molecular weight is 320 g/mol. The summed E-state index contributed by atoms with van der Waals surface area (Å²) < 4.78 is 50.4. The highest BCUT2D eigenvalue weighted by atomic mass is 32.2. The number of nitrogens with one attached hydrogen (secondary N) is 1. The number of benzene rings is 1. The molecule has 0 spiro atoms. The van der Waals surface area contributed by atoms with Crippen LogP contribution >= 0.6 is 0 Å². The molecule has 0 atom stereocenters. The third-order valence-electron chi connectivity index (χ3n) is 2.81. The van der Waals surface area contributed by atoms with E-state index in [-0.39, 0.29) is 11.4 Å². The fraction of sp³-hybridized carbons (Fsp3) is 0.500. The first-order valence-corrected chi connectivity index (χ1v) is 9.06. The molecule has 0 heterocycles. The van der Waals surface area contributed by atoms with E-state index < -0.39 is 25.3 Å². The molecule has 0 aromatic heterocycles. The summed E-state index contributed by atoms with van der Waals surface area (Å²) in [5, 5.41) is -0.486. The van der Waals surface area contributed by atoms with E-state index in [2.05, 4.69) is 4.72 Å². The van der Waals surface area contributed by atoms with Crippen LogP contribution in [-0.4, -0.2) is 40.5 Å². The van der Waals surface area contributed by atoms with Crippen LogP contribution in [0.1, 0.15) is 19.4 Å². The molecule has 1 N–H and O–H groups in total. The summed E-state index contributed by atoms with van der Waals surface area (Å²) in [5.41, 5.74) is 0.693. The molecule has 0 radical (unpaired) electrons. The minimum Gasteiger partial charge on any atom is -0.223 e. The van der Waals surface area contributed by atoms with Gasteiger partial charge in [0.05, 0.1) is 10.1 Å². The molecule has 0 aliphatic heterocycles. The second kappa shape index (κ2) is 6.21. The van der Waals surface area contributed by atoms with Gasteiger partial charge in [0.15, 0.2) is 9.84 Å². The van der Waals surface area contributed by atoms with Crippen molar-refractivity contribution in [3.63, 3.8) is 0 Å². The highest BCUT2D eigenvalue weighted by molar-refractivity contribution is 7.92. The van der Waals surface area contributed by atoms with Gasteiger partial charge in [0.1, 0.15) is 0 Å². The Bertz CT molecular complexity index is 647. The number of rotatable bonds is 6. The maximum Gasteiger partial charge on any atom is 0.279 e. The normalized spacial score (nSPS) is 13.1. The van der Waals surface area contributed by atoms with Crippen LogP contribution in [0, 0.1) is 0 Å². The molecule has 0 amide bonds. The maximum absolute atomic E-state index is 11.9. The van der Waals surface area contributed by atoms with Gasteiger partial charge >= 0.3 is 0 Å². The molecule has 0 aliphatic carbocycles. The second-order valence-electron chi connectivity index (χ2n) is 4.85. The molecule has 1 rings (SSSR count). The number of hydrogen-bond acceptors (Lipinski definition) is 4. The summed E-state index contributed by atoms with van der Waals surface area (Å²) in [4.78, 5) is 0.242. The van der Waals surface area contributed by atoms with Crippen LogP contribution in [0.15, 0.2) is 29.2 Å². The molecule has 0 saturated carbocycles. The fourth-order valence-electron chi connectivity index (χ4n) is 1.37. The molecule has 1 aromatic rings. The predicted molar refractivity (Wildman–Crippen MR) is 78.2 cm³/mol. The van der Waals surface area contributed by atoms with Crippen molar-refractivity contribution in [1.82, 2.24) is 9.03 Å². The first-order chi connectivity index (χ1) is 9.07. The monoisotopic (exact) mass is 320 g/mol. The first kappa shape index (κ1) is 17.1. The highest BCUT2D eigenvalue weighted by Gasteiger charge is 2.19. The molecular weight excluding hydrogens is 300 g/mol. The molecule has 6 nitrogen and oxygen atoms in total. The van der Waals surface area contributed by atoms with Gasteiger partial charge in [0, 0.05) is 20.6 Å². The van der Waals surface area contributed by atoms with Crippen molar-refractivity contribution >= 4 is 20.0 Å². The molecule has 8 heteroatoms. The molecule has 20 heavy (non-hydrogen) atoms. The summed E-state index contributed by atoms with van der Waals surface area (Å²) in [6, 6.07) is 6.20. The molecular formula is C12H20N2O4S2. The smallest absolute Gasteiger partial charge is 0.223 e. The van der Waals surface area contributed by atoms with E-state index >= 15 is 0 Å². The molecule has 0 fully saturated rings. The summed E-state index contributed by atoms with van der Waals surface area (Å²) in [5.74, 6) is 0. The predicted octanol–water partition coefficient (Wildman–Crippen LogP) is 0.765. The Balaban J connectivity index is 2.84. The zero-order chi connectivity index (χ0) is 15.6. The number of hydrogen-bond donors (Lipinski definition) is 1. The summed E-state index contributed by atoms with van der Waals surface area (Å²) in [7, 11) is -3.92. The van der Waals surface area contributed by atoms with E-state index in [0.29, 0.717) is 5.56 Å². The maximum atomic E-state index is 11.9. The molecule has 114 valence electrons. The third-order valence-corrected chi connectivity index (χ3v) is 6.45. The lowest BCUT2D eigenvalue weighted by Gasteiger charge is -2.13. The third kappa shape index (κ3) is 4.02. The van der Waals surface area contributed by atoms with Crippen molar-refractivity contribution in [3.05, 3.63) is 29.8 Å². The summed E-state index contributed by atoms with van der Waals surface area (Å²) in [6.07, 6.45) is 0. The van der Waals surface area contributed by atoms with E-state index in [1.54, 1.807) is 26.0 Å². The van der Waals surface area contributed by atoms with Gasteiger partial charge in [-0.25, -0.2) is 8.42 Å². The number of sulfone groups is 1. The van der Waals surface area contributed by atoms with Gasteiger partial charge in [-0.3, -0.25) is 0 Å². The molecule has 0 saturated heterocycles. The fourth-order valence-corrected chi connectivity index (χ4v) is 3.04. The average Bonchev–Trinajstić information content (AvgIpc) is 2.36. The lowest BCUT2D eigenvalue weighted by Crippen LogP contribution is -2.35. The van der Waals surface area contributed by atoms with Crippen molar-refractivity contribution in [3.8, 4) is 0 Å². The van der Waals surface area contributed by atoms with Crippen molar-refractivity contribution < 1.29 is 16.8 Å². The largest absolute Gasteiger partial charge is 0.279 e. The van der Waals surface area contributed by atoms with Crippen LogP contribution in [0.4, 0.5) is 0 Å². The lowest BCUT2D eigenvalue weighted by atomic mass is 10.2. The van der Waals surface area contributed by atoms with Crippen LogP contribution in [0.5, 0.6) is 0 Å². The number of nitrogens with zero attached hydrogens (tertiary/aromatic N) is 1. The van der Waals surface area contributed by atoms with Crippen LogP contribution in [0.3, 0.4) is 0 Å². The molecule has 0 unspecified atom stereocenters. The SMILES string of the molecule is CC(C)S(=O)(=O)c1ccc(CNS(=O)(=O)N(C)C)cc1. The summed E-state index contributed by atoms with van der Waals surface area (Å²) >= 11 is 0. The van der Waals surface area contributed by atoms with Gasteiger partial charge in [-0.2, -0.15) is 17.4 Å². The Labute approximate surface area is 120 Å². The zero-order valence-corrected chi connectivity index (χ0v) is 13.6. The van der Waals surface area contributed by atoms with E-state index in [1.165, 1.54) is 26.2 Å². The van der Waals surface area contributed by atoms with Gasteiger partial charge in [-0.15, -0.1) is 0 Å². The topological polar surface area (TPSA) is 83.5 Å². The zero-order valence-electron chi connectivity index (χ0n) is 12.0. The minimum atomic E-state index is -3.48. The summed E-state index contributed by atoms with van der Waals surface area (Å²) in [6.45, 7) is 3.35. The van der Waals surface area contributed by atoms with E-state index in [9.17, 15) is 16.8 Å². The minimum absolute atomic E-state index is 0.114. The highest BCUT2D eigenvalue weighted by Crippen LogP contribution is 2.16. The van der Waals surface area contributed by atoms with Crippen LogP contribution in [0.2, 0.25) is 0 Å². The lowest BCUT2D eigenvalue weighted by molar-refractivity contribution is 0.505. The van der Waals surface area contributed by atoms with Crippen LogP contribution in [-0.2, 0) is 26.6 Å². The Morgan fingerprint density at radius 2 is 1.55 bits per heavy atom. The van der Waals surface area contributed by atoms with Gasteiger partial charge < -0.3 is 0 Å². The van der Waals surface area contributed by atoms with Crippen molar-refractivity contribution in [1.29, 1.82) is 0 Å². The van der Waals surface area contributed by atoms with E-state index in [0.717, 1.165) is 4.31 Å². The van der Waals surface area contributed by atoms with Gasteiger partial charge in [-0.05, 0) is 31.5 Å². The Morgan fingerprint density at radius 1 is 1.05 bits per heavy atom. The van der Waals surface area contributed by atoms with Crippen molar-refractivity contribution in [2.75, 3.05) is 14.1 Å². The van der Waals surface area contributed by atoms with Crippen LogP contribution in [0.25, 0.3) is 0 Å². The Hall–Kier alpha value is -0.960. The van der Waals surface area contributed by atoms with Gasteiger partial charge in [0.2, 0.25) is 0 Å². The molecule has 1 aromatic carbocycles. The van der Waals surface area contributed by atoms with Crippen molar-refractivity contribution in [2.24, 2.45) is 0 Å². The van der Waals surface area contributed by atoms with Crippen molar-refractivity contribution in [2.45, 2.75) is 30.5 Å². The quantitative estimate of drug-likeness (QED) is 0.839. The van der Waals surface area contributed by atoms with Gasteiger partial charge in [0.25, 0.3) is 10.2 Å². The van der Waals surface area contributed by atoms with Crippen LogP contribution < -0.4 is 4.72 Å². The Morgan fingerprint density at radius 3 is 1.95 bits per heavy atom. The van der Waals surface area contributed by atoms with E-state index in [1.807, 2.05) is 0 Å². The molecule has 0 aliphatic rings.